The van der Waals surface area contributed by atoms with Crippen LogP contribution in [0.2, 0.25) is 0 Å². The molecule has 1 saturated carbocycles. The number of hydrogen-bond donors (Lipinski definition) is 2. The molecule has 3 aliphatic rings. The number of hydrogen-bond acceptors (Lipinski definition) is 4. The van der Waals surface area contributed by atoms with Crippen LogP contribution in [-0.2, 0) is 14.4 Å². The van der Waals surface area contributed by atoms with Gasteiger partial charge in [-0.2, -0.15) is 0 Å². The van der Waals surface area contributed by atoms with Crippen molar-refractivity contribution in [1.82, 2.24) is 4.90 Å². The molecule has 2 fully saturated rings. The number of ether oxygens (including phenoxy) is 1. The fraction of sp³-hybridized carbons (Fsp3) is 0.526. The molecule has 2 heterocycles. The molecule has 2 atom stereocenters. The SMILES string of the molecule is C[C@@H]1Oc2ccc(NC(=O)[C@H]3CC(=O)N(C4CCCC4)C3)cc2NC1=O. The summed E-state index contributed by atoms with van der Waals surface area (Å²) >= 11 is 0. The fourth-order valence-electron chi connectivity index (χ4n) is 4.01. The number of likely N-dealkylation sites (tertiary alicyclic amines) is 1. The molecule has 7 heteroatoms. The molecule has 2 aliphatic heterocycles. The molecular formula is C19H23N3O4. The largest absolute Gasteiger partial charge is 0.479 e. The maximum Gasteiger partial charge on any atom is 0.265 e. The van der Waals surface area contributed by atoms with Crippen LogP contribution < -0.4 is 15.4 Å². The lowest BCUT2D eigenvalue weighted by Gasteiger charge is -2.24. The first kappa shape index (κ1) is 16.9. The number of carbonyl (C=O) groups is 3. The summed E-state index contributed by atoms with van der Waals surface area (Å²) < 4.78 is 5.51. The molecule has 0 radical (unpaired) electrons. The lowest BCUT2D eigenvalue weighted by molar-refractivity contribution is -0.130. The van der Waals surface area contributed by atoms with Gasteiger partial charge in [0.15, 0.2) is 6.10 Å². The van der Waals surface area contributed by atoms with Crippen LogP contribution in [-0.4, -0.2) is 41.3 Å². The lowest BCUT2D eigenvalue weighted by atomic mass is 10.1. The Morgan fingerprint density at radius 3 is 2.81 bits per heavy atom. The predicted molar refractivity (Wildman–Crippen MR) is 95.9 cm³/mol. The Labute approximate surface area is 152 Å². The van der Waals surface area contributed by atoms with E-state index in [2.05, 4.69) is 10.6 Å². The maximum atomic E-state index is 12.6. The van der Waals surface area contributed by atoms with Gasteiger partial charge >= 0.3 is 0 Å². The molecule has 1 aliphatic carbocycles. The normalized spacial score (nSPS) is 25.7. The van der Waals surface area contributed by atoms with Crippen LogP contribution >= 0.6 is 0 Å². The van der Waals surface area contributed by atoms with E-state index in [0.29, 0.717) is 29.7 Å². The van der Waals surface area contributed by atoms with E-state index in [-0.39, 0.29) is 30.1 Å². The van der Waals surface area contributed by atoms with Crippen LogP contribution in [0.25, 0.3) is 0 Å². The van der Waals surface area contributed by atoms with E-state index in [4.69, 9.17) is 4.74 Å². The van der Waals surface area contributed by atoms with Crippen molar-refractivity contribution in [2.24, 2.45) is 5.92 Å². The summed E-state index contributed by atoms with van der Waals surface area (Å²) in [6.07, 6.45) is 4.14. The molecular weight excluding hydrogens is 334 g/mol. The number of amides is 3. The van der Waals surface area contributed by atoms with Crippen LogP contribution in [0, 0.1) is 5.92 Å². The highest BCUT2D eigenvalue weighted by Gasteiger charge is 2.38. The summed E-state index contributed by atoms with van der Waals surface area (Å²) in [5, 5.41) is 5.63. The van der Waals surface area contributed by atoms with Crippen molar-refractivity contribution in [3.05, 3.63) is 18.2 Å². The van der Waals surface area contributed by atoms with E-state index in [1.54, 1.807) is 25.1 Å². The Kier molecular flexibility index (Phi) is 4.30. The van der Waals surface area contributed by atoms with E-state index in [9.17, 15) is 14.4 Å². The van der Waals surface area contributed by atoms with Crippen molar-refractivity contribution in [2.75, 3.05) is 17.2 Å². The number of benzene rings is 1. The molecule has 26 heavy (non-hydrogen) atoms. The summed E-state index contributed by atoms with van der Waals surface area (Å²) in [4.78, 5) is 38.5. The standard InChI is InChI=1S/C19H23N3O4/c1-11-18(24)21-15-9-13(6-7-16(15)26-11)20-19(25)12-8-17(23)22(10-12)14-4-2-3-5-14/h6-7,9,11-12,14H,2-5,8,10H2,1H3,(H,20,25)(H,21,24)/t11-,12-/m0/s1. The maximum absolute atomic E-state index is 12.6. The van der Waals surface area contributed by atoms with E-state index in [1.165, 1.54) is 0 Å². The zero-order valence-electron chi connectivity index (χ0n) is 14.8. The van der Waals surface area contributed by atoms with Gasteiger partial charge in [-0.05, 0) is 38.0 Å². The number of carbonyl (C=O) groups excluding carboxylic acids is 3. The average Bonchev–Trinajstić information content (AvgIpc) is 3.25. The minimum atomic E-state index is -0.533. The monoisotopic (exact) mass is 357 g/mol. The second-order valence-corrected chi connectivity index (χ2v) is 7.33. The molecule has 0 bridgehead atoms. The number of nitrogens with zero attached hydrogens (tertiary/aromatic N) is 1. The van der Waals surface area contributed by atoms with Gasteiger partial charge in [0.25, 0.3) is 5.91 Å². The Morgan fingerprint density at radius 2 is 2.04 bits per heavy atom. The predicted octanol–water partition coefficient (Wildman–Crippen LogP) is 2.14. The summed E-state index contributed by atoms with van der Waals surface area (Å²) in [6, 6.07) is 5.46. The van der Waals surface area contributed by atoms with Gasteiger partial charge in [0.05, 0.1) is 11.6 Å². The zero-order chi connectivity index (χ0) is 18.3. The van der Waals surface area contributed by atoms with Crippen LogP contribution in [0.5, 0.6) is 5.75 Å². The summed E-state index contributed by atoms with van der Waals surface area (Å²) in [7, 11) is 0. The number of rotatable bonds is 3. The van der Waals surface area contributed by atoms with E-state index in [1.807, 2.05) is 4.90 Å². The minimum absolute atomic E-state index is 0.0807. The van der Waals surface area contributed by atoms with Crippen LogP contribution in [0.4, 0.5) is 11.4 Å². The van der Waals surface area contributed by atoms with Gasteiger partial charge < -0.3 is 20.3 Å². The van der Waals surface area contributed by atoms with Crippen LogP contribution in [0.3, 0.4) is 0 Å². The highest BCUT2D eigenvalue weighted by atomic mass is 16.5. The summed E-state index contributed by atoms with van der Waals surface area (Å²) in [5.41, 5.74) is 1.12. The second-order valence-electron chi connectivity index (χ2n) is 7.33. The molecule has 1 aromatic rings. The average molecular weight is 357 g/mol. The van der Waals surface area contributed by atoms with E-state index >= 15 is 0 Å². The Hall–Kier alpha value is -2.57. The van der Waals surface area contributed by atoms with Gasteiger partial charge in [-0.15, -0.1) is 0 Å². The van der Waals surface area contributed by atoms with Crippen molar-refractivity contribution in [3.63, 3.8) is 0 Å². The van der Waals surface area contributed by atoms with Crippen LogP contribution in [0.15, 0.2) is 18.2 Å². The first-order chi connectivity index (χ1) is 12.5. The fourth-order valence-corrected chi connectivity index (χ4v) is 4.01. The molecule has 4 rings (SSSR count). The van der Waals surface area contributed by atoms with Crippen molar-refractivity contribution in [2.45, 2.75) is 51.2 Å². The topological polar surface area (TPSA) is 87.7 Å². The number of anilines is 2. The smallest absolute Gasteiger partial charge is 0.265 e. The molecule has 2 N–H and O–H groups in total. The minimum Gasteiger partial charge on any atom is -0.479 e. The third kappa shape index (κ3) is 3.13. The quantitative estimate of drug-likeness (QED) is 0.867. The van der Waals surface area contributed by atoms with Crippen molar-refractivity contribution in [3.8, 4) is 5.75 Å². The highest BCUT2D eigenvalue weighted by molar-refractivity contribution is 6.00. The van der Waals surface area contributed by atoms with Crippen molar-refractivity contribution < 1.29 is 19.1 Å². The summed E-state index contributed by atoms with van der Waals surface area (Å²) in [5.74, 6) is -0.0366. The van der Waals surface area contributed by atoms with Crippen LogP contribution in [0.1, 0.15) is 39.0 Å². The van der Waals surface area contributed by atoms with Gasteiger partial charge in [0.1, 0.15) is 5.75 Å². The molecule has 1 saturated heterocycles. The summed E-state index contributed by atoms with van der Waals surface area (Å²) in [6.45, 7) is 2.18. The first-order valence-corrected chi connectivity index (χ1v) is 9.23. The highest BCUT2D eigenvalue weighted by Crippen LogP contribution is 2.33. The van der Waals surface area contributed by atoms with Gasteiger partial charge in [-0.3, -0.25) is 14.4 Å². The molecule has 7 nitrogen and oxygen atoms in total. The third-order valence-corrected chi connectivity index (χ3v) is 5.47. The Morgan fingerprint density at radius 1 is 1.27 bits per heavy atom. The Balaban J connectivity index is 1.41. The van der Waals surface area contributed by atoms with Crippen molar-refractivity contribution in [1.29, 1.82) is 0 Å². The van der Waals surface area contributed by atoms with Gasteiger partial charge in [-0.1, -0.05) is 12.8 Å². The second kappa shape index (κ2) is 6.63. The van der Waals surface area contributed by atoms with Crippen molar-refractivity contribution >= 4 is 29.1 Å². The molecule has 0 aromatic heterocycles. The van der Waals surface area contributed by atoms with E-state index in [0.717, 1.165) is 25.7 Å². The molecule has 3 amide bonds. The molecule has 138 valence electrons. The number of fused-ring (bicyclic) bond motifs is 1. The van der Waals surface area contributed by atoms with E-state index < -0.39 is 6.10 Å². The third-order valence-electron chi connectivity index (χ3n) is 5.47. The molecule has 0 spiro atoms. The molecule has 0 unspecified atom stereocenters. The zero-order valence-corrected chi connectivity index (χ0v) is 14.8. The number of nitrogens with one attached hydrogen (secondary N) is 2. The van der Waals surface area contributed by atoms with Gasteiger partial charge in [0.2, 0.25) is 11.8 Å². The molecule has 1 aromatic carbocycles. The first-order valence-electron chi connectivity index (χ1n) is 9.23. The lowest BCUT2D eigenvalue weighted by Crippen LogP contribution is -2.35. The Bertz CT molecular complexity index is 757. The van der Waals surface area contributed by atoms with Gasteiger partial charge in [0, 0.05) is 24.7 Å². The van der Waals surface area contributed by atoms with Gasteiger partial charge in [-0.25, -0.2) is 0 Å².